The van der Waals surface area contributed by atoms with E-state index in [9.17, 15) is 0 Å². The zero-order valence-electron chi connectivity index (χ0n) is 1.15. The predicted octanol–water partition coefficient (Wildman–Crippen LogP) is -4.74. The fraction of sp³-hybridized carbons (Fsp3) is 0. The van der Waals surface area contributed by atoms with Crippen LogP contribution in [0.1, 0.15) is 0 Å². The molecule has 0 aliphatic carbocycles. The van der Waals surface area contributed by atoms with E-state index in [0.717, 1.165) is 0 Å². The van der Waals surface area contributed by atoms with E-state index in [4.69, 9.17) is 0 Å². The van der Waals surface area contributed by atoms with Crippen molar-refractivity contribution in [3.63, 3.8) is 0 Å². The molecule has 0 spiro atoms. The summed E-state index contributed by atoms with van der Waals surface area (Å²) >= 11 is 0. The van der Waals surface area contributed by atoms with Gasteiger partial charge >= 0.3 is 86.0 Å². The molecule has 4 heteroatoms. The van der Waals surface area contributed by atoms with Crippen molar-refractivity contribution in [2.24, 2.45) is 0 Å². The molecule has 0 saturated heterocycles. The maximum atomic E-state index is 0. The Labute approximate surface area is 84.6 Å². The molecule has 0 nitrogen and oxygen atoms in total. The van der Waals surface area contributed by atoms with Gasteiger partial charge in [-0.2, -0.15) is 0 Å². The summed E-state index contributed by atoms with van der Waals surface area (Å²) in [5.41, 5.74) is 0. The second-order valence-electron chi connectivity index (χ2n) is 0. The van der Waals surface area contributed by atoms with Gasteiger partial charge in [0.25, 0.3) is 0 Å². The Kier molecular flexibility index (Phi) is 124. The molecule has 0 radical (unpaired) electrons. The van der Waals surface area contributed by atoms with Crippen LogP contribution in [-0.2, 0) is 0 Å². The third kappa shape index (κ3) is 8.84. The molecule has 28 valence electrons. The monoisotopic (exact) mass is 350 g/mol. The third-order valence-electron chi connectivity index (χ3n) is 0. The van der Waals surface area contributed by atoms with E-state index in [1.807, 2.05) is 0 Å². The molecule has 0 aliphatic heterocycles. The standard InChI is InChI=1S/Al.Ga.2Sb.12H/q2*+3;2*-3;;;;;;;;;;;;. The number of hydrogen-bond donors (Lipinski definition) is 0. The molecular formula is H12AlGaSb2. The normalized spacial score (nSPS) is 0. The topological polar surface area (TPSA) is 0 Å². The van der Waals surface area contributed by atoms with Crippen molar-refractivity contribution in [2.75, 3.05) is 0 Å². The Morgan fingerprint density at radius 3 is 0.750 bits per heavy atom. The second-order valence-corrected chi connectivity index (χ2v) is 0. The Morgan fingerprint density at radius 1 is 0.750 bits per heavy atom. The van der Waals surface area contributed by atoms with Crippen molar-refractivity contribution in [1.82, 2.24) is 0 Å². The minimum atomic E-state index is 0. The summed E-state index contributed by atoms with van der Waals surface area (Å²) in [6.45, 7) is 0. The van der Waals surface area contributed by atoms with Crippen molar-refractivity contribution >= 4 is 86.0 Å². The van der Waals surface area contributed by atoms with Crippen molar-refractivity contribution in [3.05, 3.63) is 0 Å². The van der Waals surface area contributed by atoms with Crippen LogP contribution in [0.4, 0.5) is 0 Å². The number of hydrogen-bond acceptors (Lipinski definition) is 0. The summed E-state index contributed by atoms with van der Waals surface area (Å²) in [5, 5.41) is 0. The van der Waals surface area contributed by atoms with Gasteiger partial charge in [-0.3, -0.25) is 0 Å². The van der Waals surface area contributed by atoms with Gasteiger partial charge in [-0.15, -0.1) is 0 Å². The van der Waals surface area contributed by atoms with Crippen LogP contribution in [0.25, 0.3) is 0 Å². The van der Waals surface area contributed by atoms with Gasteiger partial charge in [0, 0.05) is 0 Å². The molecule has 0 heterocycles. The number of rotatable bonds is 0. The summed E-state index contributed by atoms with van der Waals surface area (Å²) in [6, 6.07) is 0. The summed E-state index contributed by atoms with van der Waals surface area (Å²) in [6.07, 6.45) is 0. The zero-order chi connectivity index (χ0) is 0. The third-order valence-corrected chi connectivity index (χ3v) is 0. The first kappa shape index (κ1) is 29.1. The Morgan fingerprint density at radius 2 is 0.750 bits per heavy atom. The molecular weight excluding hydrogens is 340 g/mol. The molecule has 0 saturated carbocycles. The first-order valence-electron chi connectivity index (χ1n) is 0. The van der Waals surface area contributed by atoms with E-state index in [-0.39, 0.29) is 86.0 Å². The molecule has 4 heavy (non-hydrogen) atoms. The van der Waals surface area contributed by atoms with Gasteiger partial charge < -0.3 is 0 Å². The molecule has 0 aromatic carbocycles. The molecule has 0 atom stereocenters. The fourth-order valence-electron chi connectivity index (χ4n) is 0. The average Bonchev–Trinajstić information content (AvgIpc) is 0. The fourth-order valence-corrected chi connectivity index (χ4v) is 0. The molecule has 0 aromatic rings. The van der Waals surface area contributed by atoms with Gasteiger partial charge in [0.1, 0.15) is 0 Å². The summed E-state index contributed by atoms with van der Waals surface area (Å²) in [4.78, 5) is 0. The van der Waals surface area contributed by atoms with Crippen LogP contribution < -0.4 is 0 Å². The maximum absolute atomic E-state index is 0. The second kappa shape index (κ2) is 17.0. The van der Waals surface area contributed by atoms with Crippen LogP contribution in [0.2, 0.25) is 0 Å². The zero-order valence-corrected chi connectivity index (χ0v) is 4.73. The van der Waals surface area contributed by atoms with E-state index in [1.54, 1.807) is 0 Å². The van der Waals surface area contributed by atoms with Gasteiger partial charge in [0.2, 0.25) is 0 Å². The van der Waals surface area contributed by atoms with E-state index in [1.165, 1.54) is 0 Å². The molecule has 0 rings (SSSR count). The Hall–Kier alpha value is 2.81. The molecule has 0 unspecified atom stereocenters. The van der Waals surface area contributed by atoms with Crippen molar-refractivity contribution in [1.29, 1.82) is 0 Å². The average molecular weight is 352 g/mol. The van der Waals surface area contributed by atoms with Gasteiger partial charge in [-0.25, -0.2) is 0 Å². The molecule has 0 N–H and O–H groups in total. The SMILES string of the molecule is [Al+3].[Ga+3].[SbH6-3].[SbH6-3]. The molecule has 0 bridgehead atoms. The van der Waals surface area contributed by atoms with Crippen LogP contribution in [0.3, 0.4) is 0 Å². The van der Waals surface area contributed by atoms with Gasteiger partial charge in [-0.1, -0.05) is 0 Å². The van der Waals surface area contributed by atoms with Crippen molar-refractivity contribution < 1.29 is 0 Å². The van der Waals surface area contributed by atoms with Crippen molar-refractivity contribution in [2.45, 2.75) is 0 Å². The van der Waals surface area contributed by atoms with Gasteiger partial charge in [0.15, 0.2) is 0 Å². The van der Waals surface area contributed by atoms with E-state index in [0.29, 0.717) is 0 Å². The first-order valence-corrected chi connectivity index (χ1v) is 0. The van der Waals surface area contributed by atoms with Crippen LogP contribution in [-0.4, -0.2) is 86.0 Å². The summed E-state index contributed by atoms with van der Waals surface area (Å²) < 4.78 is 0. The van der Waals surface area contributed by atoms with Crippen LogP contribution >= 0.6 is 0 Å². The summed E-state index contributed by atoms with van der Waals surface area (Å²) in [5.74, 6) is 0. The van der Waals surface area contributed by atoms with E-state index >= 15 is 0 Å². The molecule has 0 aliphatic rings. The van der Waals surface area contributed by atoms with Crippen molar-refractivity contribution in [3.8, 4) is 0 Å². The molecule has 0 fully saturated rings. The van der Waals surface area contributed by atoms with Gasteiger partial charge in [0.05, 0.1) is 0 Å². The minimum absolute atomic E-state index is 0. The van der Waals surface area contributed by atoms with Crippen LogP contribution in [0.5, 0.6) is 0 Å². The Bertz CT molecular complexity index is 6.00. The Balaban J connectivity index is 0. The predicted molar refractivity (Wildman–Crippen MR) is 39.8 cm³/mol. The van der Waals surface area contributed by atoms with Crippen LogP contribution in [0, 0.1) is 0 Å². The molecule has 0 amide bonds. The van der Waals surface area contributed by atoms with Crippen LogP contribution in [0.15, 0.2) is 0 Å². The molecule has 0 aromatic heterocycles. The van der Waals surface area contributed by atoms with Gasteiger partial charge in [-0.05, 0) is 0 Å². The summed E-state index contributed by atoms with van der Waals surface area (Å²) in [7, 11) is 0. The first-order chi connectivity index (χ1) is 0. The quantitative estimate of drug-likeness (QED) is 0.385. The van der Waals surface area contributed by atoms with E-state index < -0.39 is 0 Å². The van der Waals surface area contributed by atoms with E-state index in [2.05, 4.69) is 0 Å².